The van der Waals surface area contributed by atoms with Crippen LogP contribution in [0.1, 0.15) is 84.7 Å². The van der Waals surface area contributed by atoms with Crippen LogP contribution in [0.25, 0.3) is 11.1 Å². The normalized spacial score (nSPS) is 20.8. The van der Waals surface area contributed by atoms with Gasteiger partial charge in [0.1, 0.15) is 17.5 Å². The third-order valence-electron chi connectivity index (χ3n) is 15.2. The molecule has 364 valence electrons. The van der Waals surface area contributed by atoms with E-state index in [9.17, 15) is 29.1 Å². The minimum absolute atomic E-state index is 0.0415. The lowest BCUT2D eigenvalue weighted by Gasteiger charge is -2.55. The van der Waals surface area contributed by atoms with Gasteiger partial charge < -0.3 is 34.6 Å². The van der Waals surface area contributed by atoms with Gasteiger partial charge in [0.25, 0.3) is 11.8 Å². The molecule has 20 heteroatoms. The smallest absolute Gasteiger partial charge is 0.255 e. The Balaban J connectivity index is 0.673. The van der Waals surface area contributed by atoms with Crippen molar-refractivity contribution in [1.29, 1.82) is 0 Å². The Morgan fingerprint density at radius 2 is 1.61 bits per heavy atom. The lowest BCUT2D eigenvalue weighted by atomic mass is 9.71. The summed E-state index contributed by atoms with van der Waals surface area (Å²) in [6.45, 7) is 3.73. The van der Waals surface area contributed by atoms with Gasteiger partial charge in [0.2, 0.25) is 17.7 Å². The van der Waals surface area contributed by atoms with Gasteiger partial charge in [-0.15, -0.1) is 11.3 Å². The van der Waals surface area contributed by atoms with E-state index >= 15 is 13.2 Å². The van der Waals surface area contributed by atoms with Gasteiger partial charge in [-0.3, -0.25) is 34.6 Å². The van der Waals surface area contributed by atoms with Crippen molar-refractivity contribution in [3.8, 4) is 11.1 Å². The number of imide groups is 1. The summed E-state index contributed by atoms with van der Waals surface area (Å²) in [5.41, 5.74) is 2.71. The number of hydrogen-bond acceptors (Lipinski definition) is 12. The summed E-state index contributed by atoms with van der Waals surface area (Å²) in [6, 6.07) is 11.3. The maximum absolute atomic E-state index is 16.0. The first-order valence-corrected chi connectivity index (χ1v) is 24.7. The number of aryl methyl sites for hydroxylation is 1. The highest BCUT2D eigenvalue weighted by Gasteiger charge is 2.47. The van der Waals surface area contributed by atoms with Crippen molar-refractivity contribution >= 4 is 63.1 Å². The minimum Gasteiger partial charge on any atom is -0.389 e. The monoisotopic (exact) mass is 976 g/mol. The number of fused-ring (bicyclic) bond motifs is 2. The van der Waals surface area contributed by atoms with Crippen LogP contribution >= 0.6 is 11.3 Å². The molecular formula is C50H51F3N10O6S. The first-order valence-electron chi connectivity index (χ1n) is 23.8. The van der Waals surface area contributed by atoms with Crippen molar-refractivity contribution in [2.24, 2.45) is 5.41 Å². The number of likely N-dealkylation sites (tertiary alicyclic amines) is 1. The zero-order chi connectivity index (χ0) is 48.5. The summed E-state index contributed by atoms with van der Waals surface area (Å²) >= 11 is 1.26. The van der Waals surface area contributed by atoms with Crippen LogP contribution in [-0.2, 0) is 38.7 Å². The second kappa shape index (κ2) is 17.9. The number of imidazole rings is 1. The van der Waals surface area contributed by atoms with Gasteiger partial charge in [0, 0.05) is 97.4 Å². The van der Waals surface area contributed by atoms with E-state index in [2.05, 4.69) is 30.8 Å². The number of nitrogens with zero attached hydrogens (tertiary/aromatic N) is 7. The molecule has 4 fully saturated rings. The summed E-state index contributed by atoms with van der Waals surface area (Å²) in [4.78, 5) is 81.0. The lowest BCUT2D eigenvalue weighted by Crippen LogP contribution is -2.61. The van der Waals surface area contributed by atoms with E-state index in [4.69, 9.17) is 0 Å². The quantitative estimate of drug-likeness (QED) is 0.118. The first kappa shape index (κ1) is 45.6. The molecule has 4 N–H and O–H groups in total. The van der Waals surface area contributed by atoms with Crippen molar-refractivity contribution in [2.45, 2.75) is 88.6 Å². The van der Waals surface area contributed by atoms with Gasteiger partial charge in [0.15, 0.2) is 22.8 Å². The molecule has 4 saturated heterocycles. The number of hydrogen-bond donors (Lipinski definition) is 4. The summed E-state index contributed by atoms with van der Waals surface area (Å²) in [5.74, 6) is -4.15. The number of rotatable bonds is 11. The van der Waals surface area contributed by atoms with Crippen molar-refractivity contribution in [1.82, 2.24) is 29.7 Å². The van der Waals surface area contributed by atoms with Crippen LogP contribution in [0.15, 0.2) is 66.4 Å². The van der Waals surface area contributed by atoms with Gasteiger partial charge in [-0.2, -0.15) is 0 Å². The molecule has 2 atom stereocenters. The van der Waals surface area contributed by atoms with E-state index in [0.717, 1.165) is 74.4 Å². The van der Waals surface area contributed by atoms with Crippen molar-refractivity contribution in [3.05, 3.63) is 106 Å². The van der Waals surface area contributed by atoms with Crippen LogP contribution < -0.4 is 25.8 Å². The zero-order valence-electron chi connectivity index (χ0n) is 38.2. The number of piperidine rings is 3. The number of aromatic nitrogens is 3. The number of aliphatic hydroxyl groups is 1. The predicted molar refractivity (Wildman–Crippen MR) is 253 cm³/mol. The van der Waals surface area contributed by atoms with E-state index in [-0.39, 0.29) is 85.6 Å². The molecule has 5 aromatic rings. The Morgan fingerprint density at radius 1 is 0.871 bits per heavy atom. The van der Waals surface area contributed by atoms with E-state index in [1.165, 1.54) is 27.2 Å². The zero-order valence-corrected chi connectivity index (χ0v) is 39.0. The predicted octanol–water partition coefficient (Wildman–Crippen LogP) is 5.77. The molecule has 3 aromatic carbocycles. The number of amides is 5. The summed E-state index contributed by atoms with van der Waals surface area (Å²) < 4.78 is 48.6. The average molecular weight is 977 g/mol. The molecule has 2 aromatic heterocycles. The Hall–Kier alpha value is -6.80. The Kier molecular flexibility index (Phi) is 11.6. The SMILES string of the molecule is O=C1CC[C@H](Nc2cc(F)c(N3CCC(O)(CC(=O)N4CCC5(CC4)CN(c4ccc(-c6cc(F)c7c(c6)C(=O)N(C(C(=O)Nc6nccs6)c6ncn8c6CCC8)C7)cc4)C5)CC3)c(F)c2)C(=O)N1. The maximum Gasteiger partial charge on any atom is 0.255 e. The van der Waals surface area contributed by atoms with Crippen LogP contribution in [-0.4, -0.2) is 110 Å². The van der Waals surface area contributed by atoms with Crippen LogP contribution in [0.2, 0.25) is 0 Å². The molecule has 70 heavy (non-hydrogen) atoms. The largest absolute Gasteiger partial charge is 0.389 e. The molecule has 11 rings (SSSR count). The van der Waals surface area contributed by atoms with Crippen LogP contribution in [0.4, 0.5) is 35.4 Å². The number of carbonyl (C=O) groups is 5. The third kappa shape index (κ3) is 8.54. The minimum atomic E-state index is -1.31. The number of carbonyl (C=O) groups excluding carboxylic acids is 5. The maximum atomic E-state index is 16.0. The Morgan fingerprint density at radius 3 is 2.31 bits per heavy atom. The molecule has 6 aliphatic rings. The van der Waals surface area contributed by atoms with Gasteiger partial charge in [0.05, 0.1) is 30.6 Å². The Labute approximate surface area is 404 Å². The van der Waals surface area contributed by atoms with Gasteiger partial charge in [-0.1, -0.05) is 12.1 Å². The number of anilines is 4. The van der Waals surface area contributed by atoms with Gasteiger partial charge in [-0.25, -0.2) is 23.1 Å². The third-order valence-corrected chi connectivity index (χ3v) is 15.9. The highest BCUT2D eigenvalue weighted by atomic mass is 32.1. The fourth-order valence-corrected chi connectivity index (χ4v) is 11.8. The summed E-state index contributed by atoms with van der Waals surface area (Å²) in [7, 11) is 0. The second-order valence-electron chi connectivity index (χ2n) is 19.6. The number of benzene rings is 3. The van der Waals surface area contributed by atoms with Crippen molar-refractivity contribution in [3.63, 3.8) is 0 Å². The summed E-state index contributed by atoms with van der Waals surface area (Å²) in [5, 5.41) is 21.5. The molecule has 0 saturated carbocycles. The number of thiazole rings is 1. The standard InChI is InChI=1S/C50H51F3N10O6S/c51-35-21-30(20-33-34(35)25-63(47(33)68)44(46(67)58-48-54-13-19-70-48)42-39-2-1-14-61(39)28-55-42)29-3-5-32(6-4-29)62-26-49(27-62)9-15-59(16-10-49)41(65)24-50(69)11-17-60(18-12-50)43-36(52)22-31(23-37(43)53)56-38-7-8-40(64)57-45(38)66/h3-6,13,19-23,28,38,44,56,69H,1-2,7-12,14-18,24-27H2,(H,54,58,67)(H,57,64,66)/t38-,44?/m0/s1. The average Bonchev–Trinajstić information content (AvgIpc) is 4.15. The van der Waals surface area contributed by atoms with E-state index in [1.807, 2.05) is 28.8 Å². The van der Waals surface area contributed by atoms with E-state index in [1.54, 1.807) is 28.9 Å². The van der Waals surface area contributed by atoms with E-state index in [0.29, 0.717) is 29.5 Å². The lowest BCUT2D eigenvalue weighted by molar-refractivity contribution is -0.140. The van der Waals surface area contributed by atoms with E-state index < -0.39 is 58.8 Å². The van der Waals surface area contributed by atoms with Crippen LogP contribution in [0, 0.1) is 22.9 Å². The second-order valence-corrected chi connectivity index (χ2v) is 20.5. The number of halogens is 3. The molecule has 1 unspecified atom stereocenters. The van der Waals surface area contributed by atoms with Crippen LogP contribution in [0.5, 0.6) is 0 Å². The van der Waals surface area contributed by atoms with Gasteiger partial charge >= 0.3 is 0 Å². The topological polar surface area (TPSA) is 185 Å². The summed E-state index contributed by atoms with van der Waals surface area (Å²) in [6.07, 6.45) is 7.08. The number of nitrogens with one attached hydrogen (secondary N) is 3. The highest BCUT2D eigenvalue weighted by molar-refractivity contribution is 7.13. The Bertz CT molecular complexity index is 2880. The fourth-order valence-electron chi connectivity index (χ4n) is 11.2. The fraction of sp³-hybridized carbons (Fsp3) is 0.420. The molecule has 0 bridgehead atoms. The van der Waals surface area contributed by atoms with Gasteiger partial charge in [-0.05, 0) is 92.5 Å². The van der Waals surface area contributed by atoms with Crippen molar-refractivity contribution < 1.29 is 42.3 Å². The first-order chi connectivity index (χ1) is 33.7. The molecular weight excluding hydrogens is 926 g/mol. The molecule has 16 nitrogen and oxygen atoms in total. The molecule has 0 radical (unpaired) electrons. The molecule has 0 aliphatic carbocycles. The molecule has 6 aliphatic heterocycles. The molecule has 1 spiro atoms. The highest BCUT2D eigenvalue weighted by Crippen LogP contribution is 2.44. The van der Waals surface area contributed by atoms with Crippen LogP contribution in [0.3, 0.4) is 0 Å². The van der Waals surface area contributed by atoms with Crippen molar-refractivity contribution in [2.75, 3.05) is 59.7 Å². The molecule has 5 amide bonds. The molecule has 8 heterocycles.